The van der Waals surface area contributed by atoms with Gasteiger partial charge in [0.1, 0.15) is 0 Å². The second kappa shape index (κ2) is 13.3. The van der Waals surface area contributed by atoms with E-state index in [1.165, 1.54) is 29.3 Å². The maximum atomic E-state index is 13.5. The number of nitrogens with one attached hydrogen (secondary N) is 1. The molecular weight excluding hydrogens is 582 g/mol. The van der Waals surface area contributed by atoms with Crippen LogP contribution in [0.2, 0.25) is 0 Å². The Kier molecular flexibility index (Phi) is 9.65. The molecule has 0 saturated carbocycles. The van der Waals surface area contributed by atoms with E-state index in [0.29, 0.717) is 18.5 Å². The molecule has 0 amide bonds. The predicted molar refractivity (Wildman–Crippen MR) is 177 cm³/mol. The molecule has 0 radical (unpaired) electrons. The van der Waals surface area contributed by atoms with Gasteiger partial charge in [0.15, 0.2) is 0 Å². The van der Waals surface area contributed by atoms with Crippen molar-refractivity contribution in [1.29, 1.82) is 0 Å². The van der Waals surface area contributed by atoms with Crippen molar-refractivity contribution in [2.75, 3.05) is 19.6 Å². The second-order valence-corrected chi connectivity index (χ2v) is 13.2. The molecule has 9 heteroatoms. The number of nitro benzene ring substituents is 1. The molecule has 244 valence electrons. The second-order valence-electron chi connectivity index (χ2n) is 13.2. The van der Waals surface area contributed by atoms with Gasteiger partial charge in [-0.05, 0) is 82.3 Å². The number of rotatable bonds is 11. The first-order valence-electron chi connectivity index (χ1n) is 16.3. The van der Waals surface area contributed by atoms with Crippen molar-refractivity contribution < 1.29 is 24.7 Å². The fourth-order valence-electron chi connectivity index (χ4n) is 8.80. The van der Waals surface area contributed by atoms with Gasteiger partial charge >= 0.3 is 11.9 Å². The first-order valence-corrected chi connectivity index (χ1v) is 16.3. The van der Waals surface area contributed by atoms with Gasteiger partial charge < -0.3 is 20.4 Å². The lowest BCUT2D eigenvalue weighted by molar-refractivity contribution is -0.385. The molecule has 5 unspecified atom stereocenters. The van der Waals surface area contributed by atoms with Crippen LogP contribution in [-0.2, 0) is 15.0 Å². The average molecular weight is 628 g/mol. The monoisotopic (exact) mass is 627 g/mol. The van der Waals surface area contributed by atoms with Crippen LogP contribution in [-0.4, -0.2) is 63.7 Å². The van der Waals surface area contributed by atoms with E-state index in [1.54, 1.807) is 19.9 Å². The van der Waals surface area contributed by atoms with Gasteiger partial charge in [0.25, 0.3) is 5.69 Å². The number of carbonyl (C=O) groups is 2. The molecule has 0 bridgehead atoms. The molecule has 46 heavy (non-hydrogen) atoms. The number of likely N-dealkylation sites (tertiary alicyclic amines) is 1. The van der Waals surface area contributed by atoms with Crippen molar-refractivity contribution in [3.05, 3.63) is 112 Å². The van der Waals surface area contributed by atoms with Crippen molar-refractivity contribution in [1.82, 2.24) is 10.2 Å². The van der Waals surface area contributed by atoms with Gasteiger partial charge in [-0.15, -0.1) is 0 Å². The third-order valence-corrected chi connectivity index (χ3v) is 11.3. The Morgan fingerprint density at radius 2 is 1.41 bits per heavy atom. The summed E-state index contributed by atoms with van der Waals surface area (Å²) in [6.45, 7) is 7.71. The fourth-order valence-corrected chi connectivity index (χ4v) is 8.80. The zero-order valence-electron chi connectivity index (χ0n) is 26.9. The van der Waals surface area contributed by atoms with Crippen molar-refractivity contribution in [3.63, 3.8) is 0 Å². The van der Waals surface area contributed by atoms with Crippen molar-refractivity contribution >= 4 is 17.6 Å². The van der Waals surface area contributed by atoms with Crippen LogP contribution in [0.5, 0.6) is 0 Å². The highest BCUT2D eigenvalue weighted by molar-refractivity contribution is 5.84. The third-order valence-electron chi connectivity index (χ3n) is 11.3. The molecule has 5 rings (SSSR count). The molecule has 3 aromatic rings. The van der Waals surface area contributed by atoms with Crippen LogP contribution in [0, 0.1) is 20.9 Å². The molecule has 3 aromatic carbocycles. The number of nitro groups is 1. The minimum absolute atomic E-state index is 0.103. The van der Waals surface area contributed by atoms with Crippen LogP contribution in [0.4, 0.5) is 5.69 Å². The van der Waals surface area contributed by atoms with Gasteiger partial charge in [-0.3, -0.25) is 19.7 Å². The number of non-ortho nitro benzene ring substituents is 1. The largest absolute Gasteiger partial charge is 0.481 e. The Bertz CT molecular complexity index is 1500. The van der Waals surface area contributed by atoms with Crippen LogP contribution < -0.4 is 5.32 Å². The molecule has 2 aliphatic rings. The molecule has 3 N–H and O–H groups in total. The maximum Gasteiger partial charge on any atom is 0.311 e. The highest BCUT2D eigenvalue weighted by Crippen LogP contribution is 2.59. The van der Waals surface area contributed by atoms with E-state index in [-0.39, 0.29) is 23.9 Å². The Morgan fingerprint density at radius 3 is 1.91 bits per heavy atom. The Hall–Kier alpha value is -4.08. The SMILES string of the molecule is CCC1(C(=O)O)C(C)NC(C)C(CCCN2CCC(c3ccccc3)(c3ccccc3)CC2)(C(=O)O)C1c1cccc([N+](=O)[O-])c1. The van der Waals surface area contributed by atoms with E-state index < -0.39 is 45.7 Å². The number of piperidine rings is 2. The highest BCUT2D eigenvalue weighted by atomic mass is 16.6. The van der Waals surface area contributed by atoms with Gasteiger partial charge in [0.05, 0.1) is 15.8 Å². The quantitative estimate of drug-likeness (QED) is 0.163. The molecule has 0 aliphatic carbocycles. The molecule has 0 aromatic heterocycles. The molecule has 2 saturated heterocycles. The van der Waals surface area contributed by atoms with Gasteiger partial charge in [-0.1, -0.05) is 79.7 Å². The summed E-state index contributed by atoms with van der Waals surface area (Å²) in [6.07, 6.45) is 2.79. The average Bonchev–Trinajstić information content (AvgIpc) is 3.06. The van der Waals surface area contributed by atoms with Gasteiger partial charge in [0.2, 0.25) is 0 Å². The number of hydrogen-bond acceptors (Lipinski definition) is 6. The van der Waals surface area contributed by atoms with Gasteiger partial charge in [-0.2, -0.15) is 0 Å². The molecule has 0 spiro atoms. The predicted octanol–water partition coefficient (Wildman–Crippen LogP) is 6.47. The molecular formula is C37H45N3O6. The third kappa shape index (κ3) is 5.60. The Balaban J connectivity index is 1.44. The van der Waals surface area contributed by atoms with Crippen LogP contribution in [0.3, 0.4) is 0 Å². The summed E-state index contributed by atoms with van der Waals surface area (Å²) >= 11 is 0. The number of aliphatic carboxylic acids is 2. The van der Waals surface area contributed by atoms with Crippen LogP contribution >= 0.6 is 0 Å². The van der Waals surface area contributed by atoms with Crippen molar-refractivity contribution in [3.8, 4) is 0 Å². The zero-order chi connectivity index (χ0) is 33.1. The van der Waals surface area contributed by atoms with Crippen molar-refractivity contribution in [2.24, 2.45) is 10.8 Å². The number of carboxylic acids is 2. The summed E-state index contributed by atoms with van der Waals surface area (Å²) in [5.41, 5.74) is -0.305. The lowest BCUT2D eigenvalue weighted by atomic mass is 9.49. The smallest absolute Gasteiger partial charge is 0.311 e. The van der Waals surface area contributed by atoms with E-state index in [2.05, 4.69) is 58.7 Å². The highest BCUT2D eigenvalue weighted by Gasteiger charge is 2.66. The van der Waals surface area contributed by atoms with Crippen LogP contribution in [0.1, 0.15) is 75.5 Å². The van der Waals surface area contributed by atoms with Gasteiger partial charge in [0, 0.05) is 35.5 Å². The number of benzene rings is 3. The molecule has 9 nitrogen and oxygen atoms in total. The Labute approximate surface area is 270 Å². The van der Waals surface area contributed by atoms with Crippen molar-refractivity contribution in [2.45, 2.75) is 76.3 Å². The molecule has 2 heterocycles. The summed E-state index contributed by atoms with van der Waals surface area (Å²) in [5, 5.41) is 36.9. The lowest BCUT2D eigenvalue weighted by Crippen LogP contribution is -2.69. The summed E-state index contributed by atoms with van der Waals surface area (Å²) in [5.74, 6) is -3.17. The fraction of sp³-hybridized carbons (Fsp3) is 0.459. The summed E-state index contributed by atoms with van der Waals surface area (Å²) < 4.78 is 0. The standard InChI is InChI=1S/C37H45N3O6/c1-4-36(33(41)42)26(2)38-27(3)37(34(43)44,32(36)28-13-11-18-31(25-28)40(45)46)19-12-22-39-23-20-35(21-24-39,29-14-7-5-8-15-29)30-16-9-6-10-17-30/h5-11,13-18,25-27,32,38H,4,12,19-24H2,1-3H3,(H,41,42)(H,43,44). The normalized spacial score (nSPS) is 27.9. The maximum absolute atomic E-state index is 13.5. The van der Waals surface area contributed by atoms with E-state index in [1.807, 2.05) is 19.1 Å². The molecule has 2 aliphatic heterocycles. The number of carboxylic acid groups (broad SMARTS) is 2. The lowest BCUT2D eigenvalue weighted by Gasteiger charge is -2.57. The molecule has 2 fully saturated rings. The van der Waals surface area contributed by atoms with E-state index in [4.69, 9.17) is 0 Å². The van der Waals surface area contributed by atoms with Crippen LogP contribution in [0.15, 0.2) is 84.9 Å². The summed E-state index contributed by atoms with van der Waals surface area (Å²) in [7, 11) is 0. The first kappa shape index (κ1) is 33.3. The van der Waals surface area contributed by atoms with Crippen LogP contribution in [0.25, 0.3) is 0 Å². The Morgan fingerprint density at radius 1 is 0.870 bits per heavy atom. The molecule has 5 atom stereocenters. The summed E-state index contributed by atoms with van der Waals surface area (Å²) in [6, 6.07) is 26.0. The number of hydrogen-bond donors (Lipinski definition) is 3. The first-order chi connectivity index (χ1) is 22.0. The van der Waals surface area contributed by atoms with Gasteiger partial charge in [-0.25, -0.2) is 0 Å². The van der Waals surface area contributed by atoms with E-state index in [0.717, 1.165) is 25.9 Å². The topological polar surface area (TPSA) is 133 Å². The number of nitrogens with zero attached hydrogens (tertiary/aromatic N) is 2. The summed E-state index contributed by atoms with van der Waals surface area (Å²) in [4.78, 5) is 40.3. The van der Waals surface area contributed by atoms with E-state index >= 15 is 0 Å². The van der Waals surface area contributed by atoms with E-state index in [9.17, 15) is 29.9 Å². The zero-order valence-corrected chi connectivity index (χ0v) is 26.9. The minimum Gasteiger partial charge on any atom is -0.481 e. The minimum atomic E-state index is -1.51.